The Morgan fingerprint density at radius 1 is 1.60 bits per heavy atom. The van der Waals surface area contributed by atoms with Crippen LogP contribution in [0.25, 0.3) is 0 Å². The summed E-state index contributed by atoms with van der Waals surface area (Å²) in [6.45, 7) is 3.09. The van der Waals surface area contributed by atoms with Crippen LogP contribution in [0, 0.1) is 0 Å². The van der Waals surface area contributed by atoms with Gasteiger partial charge in [0.05, 0.1) is 6.04 Å². The van der Waals surface area contributed by atoms with Gasteiger partial charge in [0, 0.05) is 6.92 Å². The van der Waals surface area contributed by atoms with Gasteiger partial charge in [-0.1, -0.05) is 11.3 Å². The van der Waals surface area contributed by atoms with Gasteiger partial charge in [0.2, 0.25) is 5.91 Å². The van der Waals surface area contributed by atoms with E-state index in [1.165, 1.54) is 6.92 Å². The highest BCUT2D eigenvalue weighted by atomic mass is 32.1. The second-order valence-electron chi connectivity index (χ2n) is 2.99. The van der Waals surface area contributed by atoms with E-state index in [0.29, 0.717) is 5.01 Å². The first-order valence-corrected chi connectivity index (χ1v) is 5.00. The Hall–Kier alpha value is -1.63. The number of nitrogens with two attached hydrogens (primary N) is 1. The number of carboxylic acids is 1. The minimum atomic E-state index is -1.16. The Labute approximate surface area is 90.1 Å². The molecule has 1 aromatic rings. The van der Waals surface area contributed by atoms with E-state index < -0.39 is 5.97 Å². The van der Waals surface area contributed by atoms with Gasteiger partial charge in [-0.25, -0.2) is 9.78 Å². The molecule has 1 amide bonds. The summed E-state index contributed by atoms with van der Waals surface area (Å²) in [5.41, 5.74) is 5.31. The Bertz CT molecular complexity index is 402. The maximum absolute atomic E-state index is 10.8. The number of carboxylic acid groups (broad SMARTS) is 1. The number of carbonyl (C=O) groups excluding carboxylic acids is 1. The van der Waals surface area contributed by atoms with Crippen LogP contribution in [0.5, 0.6) is 0 Å². The van der Waals surface area contributed by atoms with Crippen molar-refractivity contribution in [3.05, 3.63) is 10.7 Å². The minimum Gasteiger partial charge on any atom is -0.476 e. The molecule has 0 aliphatic rings. The molecule has 1 aromatic heterocycles. The lowest BCUT2D eigenvalue weighted by Crippen LogP contribution is -2.23. The Morgan fingerprint density at radius 2 is 2.20 bits per heavy atom. The first-order chi connectivity index (χ1) is 6.91. The lowest BCUT2D eigenvalue weighted by atomic mass is 10.3. The molecule has 15 heavy (non-hydrogen) atoms. The fourth-order valence-corrected chi connectivity index (χ4v) is 1.88. The number of nitrogen functional groups attached to an aromatic ring is 1. The fraction of sp³-hybridized carbons (Fsp3) is 0.375. The molecule has 0 saturated carbocycles. The van der Waals surface area contributed by atoms with E-state index in [1.54, 1.807) is 6.92 Å². The average Bonchev–Trinajstić information content (AvgIpc) is 2.46. The lowest BCUT2D eigenvalue weighted by Gasteiger charge is -2.07. The molecule has 0 spiro atoms. The van der Waals surface area contributed by atoms with Gasteiger partial charge in [0.1, 0.15) is 10.0 Å². The molecule has 82 valence electrons. The van der Waals surface area contributed by atoms with E-state index in [2.05, 4.69) is 10.3 Å². The molecule has 0 bridgehead atoms. The summed E-state index contributed by atoms with van der Waals surface area (Å²) in [5, 5.41) is 12.0. The molecule has 1 rings (SSSR count). The molecule has 1 heterocycles. The highest BCUT2D eigenvalue weighted by molar-refractivity contribution is 7.16. The number of hydrogen-bond donors (Lipinski definition) is 3. The summed E-state index contributed by atoms with van der Waals surface area (Å²) in [6.07, 6.45) is 0. The van der Waals surface area contributed by atoms with Crippen molar-refractivity contribution in [3.8, 4) is 0 Å². The van der Waals surface area contributed by atoms with Crippen molar-refractivity contribution in [2.45, 2.75) is 19.9 Å². The summed E-state index contributed by atoms with van der Waals surface area (Å²) >= 11 is 1.06. The molecular weight excluding hydrogens is 218 g/mol. The molecule has 4 N–H and O–H groups in total. The number of nitrogens with one attached hydrogen (secondary N) is 1. The summed E-state index contributed by atoms with van der Waals surface area (Å²) in [7, 11) is 0. The van der Waals surface area contributed by atoms with E-state index in [0.717, 1.165) is 11.3 Å². The van der Waals surface area contributed by atoms with Gasteiger partial charge in [-0.15, -0.1) is 0 Å². The molecule has 7 heteroatoms. The lowest BCUT2D eigenvalue weighted by molar-refractivity contribution is -0.119. The monoisotopic (exact) mass is 229 g/mol. The van der Waals surface area contributed by atoms with Gasteiger partial charge in [0.15, 0.2) is 5.69 Å². The van der Waals surface area contributed by atoms with E-state index in [4.69, 9.17) is 10.8 Å². The zero-order valence-electron chi connectivity index (χ0n) is 8.27. The molecule has 1 atom stereocenters. The van der Waals surface area contributed by atoms with Gasteiger partial charge >= 0.3 is 5.97 Å². The normalized spacial score (nSPS) is 12.1. The van der Waals surface area contributed by atoms with Gasteiger partial charge < -0.3 is 16.2 Å². The third-order valence-electron chi connectivity index (χ3n) is 1.66. The van der Waals surface area contributed by atoms with Crippen LogP contribution in [0.4, 0.5) is 5.00 Å². The SMILES string of the molecule is CC(=O)NC(C)c1nc(C(=O)O)c(N)s1. The first kappa shape index (κ1) is 11.4. The van der Waals surface area contributed by atoms with Crippen LogP contribution in [0.15, 0.2) is 0 Å². The number of carbonyl (C=O) groups is 2. The number of thiazole rings is 1. The minimum absolute atomic E-state index is 0.148. The van der Waals surface area contributed by atoms with Gasteiger partial charge in [-0.05, 0) is 6.92 Å². The number of nitrogens with zero attached hydrogens (tertiary/aromatic N) is 1. The van der Waals surface area contributed by atoms with E-state index >= 15 is 0 Å². The molecular formula is C8H11N3O3S. The Morgan fingerprint density at radius 3 is 2.60 bits per heavy atom. The molecule has 6 nitrogen and oxygen atoms in total. The molecule has 0 aromatic carbocycles. The predicted octanol–water partition coefficient (Wildman–Crippen LogP) is 0.621. The van der Waals surface area contributed by atoms with E-state index in [1.807, 2.05) is 0 Å². The molecule has 0 aliphatic heterocycles. The number of amides is 1. The van der Waals surface area contributed by atoms with Gasteiger partial charge in [-0.2, -0.15) is 0 Å². The standard InChI is InChI=1S/C8H11N3O3S/c1-3(10-4(2)12)7-11-5(8(13)14)6(9)15-7/h3H,9H2,1-2H3,(H,10,12)(H,13,14). The number of aromatic carboxylic acids is 1. The van der Waals surface area contributed by atoms with Gasteiger partial charge in [-0.3, -0.25) is 4.79 Å². The maximum Gasteiger partial charge on any atom is 0.357 e. The van der Waals surface area contributed by atoms with Crippen molar-refractivity contribution in [1.29, 1.82) is 0 Å². The van der Waals surface area contributed by atoms with Crippen LogP contribution < -0.4 is 11.1 Å². The van der Waals surface area contributed by atoms with Crippen molar-refractivity contribution in [3.63, 3.8) is 0 Å². The Balaban J connectivity index is 2.91. The summed E-state index contributed by atoms with van der Waals surface area (Å²) in [4.78, 5) is 25.3. The molecule has 0 saturated heterocycles. The first-order valence-electron chi connectivity index (χ1n) is 4.18. The van der Waals surface area contributed by atoms with Crippen molar-refractivity contribution >= 4 is 28.2 Å². The summed E-state index contributed by atoms with van der Waals surface area (Å²) in [5.74, 6) is -1.36. The van der Waals surface area contributed by atoms with Crippen molar-refractivity contribution < 1.29 is 14.7 Å². The zero-order valence-corrected chi connectivity index (χ0v) is 9.09. The summed E-state index contributed by atoms with van der Waals surface area (Å²) < 4.78 is 0. The fourth-order valence-electron chi connectivity index (χ4n) is 1.05. The average molecular weight is 229 g/mol. The van der Waals surface area contributed by atoms with E-state index in [9.17, 15) is 9.59 Å². The topological polar surface area (TPSA) is 105 Å². The highest BCUT2D eigenvalue weighted by Crippen LogP contribution is 2.25. The third kappa shape index (κ3) is 2.66. The molecule has 0 aliphatic carbocycles. The van der Waals surface area contributed by atoms with Crippen molar-refractivity contribution in [2.75, 3.05) is 5.73 Å². The zero-order chi connectivity index (χ0) is 11.6. The van der Waals surface area contributed by atoms with Crippen LogP contribution in [-0.4, -0.2) is 22.0 Å². The van der Waals surface area contributed by atoms with E-state index in [-0.39, 0.29) is 22.6 Å². The second kappa shape index (κ2) is 4.26. The maximum atomic E-state index is 10.8. The van der Waals surface area contributed by atoms with Crippen molar-refractivity contribution in [2.24, 2.45) is 0 Å². The second-order valence-corrected chi connectivity index (χ2v) is 4.05. The largest absolute Gasteiger partial charge is 0.476 e. The van der Waals surface area contributed by atoms with Crippen LogP contribution in [0.1, 0.15) is 35.4 Å². The Kier molecular flexibility index (Phi) is 3.25. The smallest absolute Gasteiger partial charge is 0.357 e. The number of aromatic nitrogens is 1. The van der Waals surface area contributed by atoms with Crippen LogP contribution >= 0.6 is 11.3 Å². The van der Waals surface area contributed by atoms with Crippen LogP contribution in [0.3, 0.4) is 0 Å². The molecule has 1 unspecified atom stereocenters. The van der Waals surface area contributed by atoms with Crippen LogP contribution in [-0.2, 0) is 4.79 Å². The third-order valence-corrected chi connectivity index (χ3v) is 2.73. The highest BCUT2D eigenvalue weighted by Gasteiger charge is 2.18. The quantitative estimate of drug-likeness (QED) is 0.704. The molecule has 0 radical (unpaired) electrons. The number of anilines is 1. The van der Waals surface area contributed by atoms with Gasteiger partial charge in [0.25, 0.3) is 0 Å². The number of hydrogen-bond acceptors (Lipinski definition) is 5. The van der Waals surface area contributed by atoms with Crippen LogP contribution in [0.2, 0.25) is 0 Å². The predicted molar refractivity (Wildman–Crippen MR) is 55.7 cm³/mol. The van der Waals surface area contributed by atoms with Crippen molar-refractivity contribution in [1.82, 2.24) is 10.3 Å². The number of rotatable bonds is 3. The summed E-state index contributed by atoms with van der Waals surface area (Å²) in [6, 6.07) is -0.331. The molecule has 0 fully saturated rings.